The average Bonchev–Trinajstić information content (AvgIpc) is 2.91. The molecule has 1 atom stereocenters. The number of methoxy groups -OCH3 is 2. The zero-order valence-corrected chi connectivity index (χ0v) is 13.1. The number of aromatic nitrogens is 2. The maximum absolute atomic E-state index is 5.51. The van der Waals surface area contributed by atoms with Crippen LogP contribution in [0.4, 0.5) is 0 Å². The summed E-state index contributed by atoms with van der Waals surface area (Å²) in [5.41, 5.74) is 2.08. The van der Waals surface area contributed by atoms with E-state index in [1.165, 1.54) is 0 Å². The molecule has 5 heteroatoms. The molecule has 0 aliphatic heterocycles. The lowest BCUT2D eigenvalue weighted by Gasteiger charge is -2.22. The minimum absolute atomic E-state index is 0.0935. The van der Waals surface area contributed by atoms with Gasteiger partial charge in [0.05, 0.1) is 25.5 Å². The van der Waals surface area contributed by atoms with Crippen LogP contribution in [-0.2, 0) is 13.5 Å². The molecule has 0 radical (unpaired) electrons. The van der Waals surface area contributed by atoms with E-state index in [1.54, 1.807) is 14.2 Å². The molecule has 21 heavy (non-hydrogen) atoms. The van der Waals surface area contributed by atoms with Crippen molar-refractivity contribution in [3.05, 3.63) is 41.7 Å². The predicted octanol–water partition coefficient (Wildman–Crippen LogP) is 2.33. The zero-order valence-electron chi connectivity index (χ0n) is 13.1. The van der Waals surface area contributed by atoms with E-state index < -0.39 is 0 Å². The van der Waals surface area contributed by atoms with E-state index in [-0.39, 0.29) is 6.04 Å². The molecule has 2 aromatic rings. The summed E-state index contributed by atoms with van der Waals surface area (Å²) in [6, 6.07) is 7.98. The molecular formula is C16H23N3O2. The second-order valence-electron chi connectivity index (χ2n) is 4.87. The largest absolute Gasteiger partial charge is 0.496 e. The fraction of sp³-hybridized carbons (Fsp3) is 0.438. The molecule has 1 unspecified atom stereocenters. The Morgan fingerprint density at radius 2 is 1.86 bits per heavy atom. The molecule has 1 aromatic carbocycles. The predicted molar refractivity (Wildman–Crippen MR) is 82.9 cm³/mol. The summed E-state index contributed by atoms with van der Waals surface area (Å²) in [6.45, 7) is 2.95. The highest BCUT2D eigenvalue weighted by Gasteiger charge is 2.21. The fourth-order valence-corrected chi connectivity index (χ4v) is 2.53. The number of hydrogen-bond acceptors (Lipinski definition) is 4. The molecule has 1 heterocycles. The van der Waals surface area contributed by atoms with Crippen LogP contribution in [0.1, 0.15) is 24.2 Å². The Morgan fingerprint density at radius 3 is 2.33 bits per heavy atom. The number of aryl methyl sites for hydroxylation is 1. The van der Waals surface area contributed by atoms with Crippen LogP contribution >= 0.6 is 0 Å². The number of hydrogen-bond donors (Lipinski definition) is 1. The number of rotatable bonds is 7. The van der Waals surface area contributed by atoms with Gasteiger partial charge in [-0.3, -0.25) is 4.68 Å². The number of nitrogens with one attached hydrogen (secondary N) is 1. The molecule has 0 fully saturated rings. The maximum atomic E-state index is 5.51. The fourth-order valence-electron chi connectivity index (χ4n) is 2.53. The van der Waals surface area contributed by atoms with Gasteiger partial charge in [-0.05, 0) is 24.7 Å². The summed E-state index contributed by atoms with van der Waals surface area (Å²) in [7, 11) is 5.29. The summed E-state index contributed by atoms with van der Waals surface area (Å²) in [5.74, 6) is 1.66. The van der Waals surface area contributed by atoms with Gasteiger partial charge < -0.3 is 14.8 Å². The van der Waals surface area contributed by atoms with E-state index in [0.29, 0.717) is 0 Å². The summed E-state index contributed by atoms with van der Waals surface area (Å²) < 4.78 is 12.8. The van der Waals surface area contributed by atoms with Crippen molar-refractivity contribution in [2.24, 2.45) is 7.05 Å². The summed E-state index contributed by atoms with van der Waals surface area (Å²) >= 11 is 0. The second-order valence-corrected chi connectivity index (χ2v) is 4.87. The smallest absolute Gasteiger partial charge is 0.127 e. The van der Waals surface area contributed by atoms with Gasteiger partial charge in [0.15, 0.2) is 0 Å². The number of nitrogens with zero attached hydrogens (tertiary/aromatic N) is 2. The van der Waals surface area contributed by atoms with Crippen molar-refractivity contribution >= 4 is 0 Å². The van der Waals surface area contributed by atoms with Gasteiger partial charge >= 0.3 is 0 Å². The molecule has 114 valence electrons. The van der Waals surface area contributed by atoms with E-state index in [9.17, 15) is 0 Å². The van der Waals surface area contributed by atoms with Crippen LogP contribution in [0.3, 0.4) is 0 Å². The third-order valence-corrected chi connectivity index (χ3v) is 3.45. The monoisotopic (exact) mass is 289 g/mol. The molecule has 1 N–H and O–H groups in total. The van der Waals surface area contributed by atoms with Gasteiger partial charge in [-0.1, -0.05) is 13.0 Å². The van der Waals surface area contributed by atoms with Crippen LogP contribution in [0.15, 0.2) is 30.5 Å². The van der Waals surface area contributed by atoms with E-state index in [4.69, 9.17) is 9.47 Å². The van der Waals surface area contributed by atoms with Gasteiger partial charge in [-0.25, -0.2) is 0 Å². The van der Waals surface area contributed by atoms with Gasteiger partial charge in [-0.15, -0.1) is 0 Å². The number of benzene rings is 1. The van der Waals surface area contributed by atoms with Crippen molar-refractivity contribution in [1.82, 2.24) is 15.1 Å². The first kappa shape index (κ1) is 15.4. The highest BCUT2D eigenvalue weighted by atomic mass is 16.5. The van der Waals surface area contributed by atoms with Crippen molar-refractivity contribution < 1.29 is 9.47 Å². The van der Waals surface area contributed by atoms with Crippen LogP contribution < -0.4 is 14.8 Å². The van der Waals surface area contributed by atoms with Crippen molar-refractivity contribution in [2.75, 3.05) is 20.8 Å². The lowest BCUT2D eigenvalue weighted by molar-refractivity contribution is 0.370. The molecule has 5 nitrogen and oxygen atoms in total. The minimum Gasteiger partial charge on any atom is -0.496 e. The Morgan fingerprint density at radius 1 is 1.19 bits per heavy atom. The van der Waals surface area contributed by atoms with Crippen LogP contribution in [0.25, 0.3) is 0 Å². The van der Waals surface area contributed by atoms with E-state index in [2.05, 4.69) is 17.3 Å². The Kier molecular flexibility index (Phi) is 5.22. The van der Waals surface area contributed by atoms with Crippen LogP contribution in [0, 0.1) is 0 Å². The first-order valence-electron chi connectivity index (χ1n) is 7.12. The molecule has 0 saturated carbocycles. The standard InChI is InChI=1S/C16H23N3O2/c1-5-17-13(11-12-9-10-19(2)18-12)16-14(20-3)7-6-8-15(16)21-4/h6-10,13,17H,5,11H2,1-4H3. The summed E-state index contributed by atoms with van der Waals surface area (Å²) in [4.78, 5) is 0. The van der Waals surface area contributed by atoms with Gasteiger partial charge in [-0.2, -0.15) is 5.10 Å². The van der Waals surface area contributed by atoms with Gasteiger partial charge in [0.2, 0.25) is 0 Å². The molecule has 0 aliphatic rings. The summed E-state index contributed by atoms with van der Waals surface area (Å²) in [6.07, 6.45) is 2.74. The lowest BCUT2D eigenvalue weighted by atomic mass is 9.99. The molecule has 2 rings (SSSR count). The topological polar surface area (TPSA) is 48.3 Å². The Labute approximate surface area is 125 Å². The minimum atomic E-state index is 0.0935. The van der Waals surface area contributed by atoms with E-state index in [1.807, 2.05) is 42.2 Å². The van der Waals surface area contributed by atoms with Crippen molar-refractivity contribution in [1.29, 1.82) is 0 Å². The Hall–Kier alpha value is -2.01. The number of ether oxygens (including phenoxy) is 2. The molecule has 1 aromatic heterocycles. The molecule has 0 bridgehead atoms. The summed E-state index contributed by atoms with van der Waals surface area (Å²) in [5, 5.41) is 7.96. The third kappa shape index (κ3) is 3.55. The molecule has 0 saturated heterocycles. The highest BCUT2D eigenvalue weighted by Crippen LogP contribution is 2.35. The van der Waals surface area contributed by atoms with Crippen LogP contribution in [0.5, 0.6) is 11.5 Å². The van der Waals surface area contributed by atoms with Gasteiger partial charge in [0.1, 0.15) is 11.5 Å². The lowest BCUT2D eigenvalue weighted by Crippen LogP contribution is -2.24. The second kappa shape index (κ2) is 7.13. The van der Waals surface area contributed by atoms with Crippen molar-refractivity contribution in [3.63, 3.8) is 0 Å². The molecule has 0 aliphatic carbocycles. The van der Waals surface area contributed by atoms with Gasteiger partial charge in [0.25, 0.3) is 0 Å². The molecular weight excluding hydrogens is 266 g/mol. The van der Waals surface area contributed by atoms with Crippen molar-refractivity contribution in [2.45, 2.75) is 19.4 Å². The average molecular weight is 289 g/mol. The number of likely N-dealkylation sites (N-methyl/N-ethyl adjacent to an activating group) is 1. The molecule has 0 amide bonds. The maximum Gasteiger partial charge on any atom is 0.127 e. The first-order chi connectivity index (χ1) is 10.2. The van der Waals surface area contributed by atoms with Crippen LogP contribution in [-0.4, -0.2) is 30.5 Å². The first-order valence-corrected chi connectivity index (χ1v) is 7.12. The molecule has 0 spiro atoms. The quantitative estimate of drug-likeness (QED) is 0.850. The third-order valence-electron chi connectivity index (χ3n) is 3.45. The Bertz CT molecular complexity index is 558. The van der Waals surface area contributed by atoms with Crippen molar-refractivity contribution in [3.8, 4) is 11.5 Å². The Balaban J connectivity index is 2.37. The zero-order chi connectivity index (χ0) is 15.2. The normalized spacial score (nSPS) is 12.2. The van der Waals surface area contributed by atoms with E-state index >= 15 is 0 Å². The van der Waals surface area contributed by atoms with Gasteiger partial charge in [0, 0.05) is 25.7 Å². The highest BCUT2D eigenvalue weighted by molar-refractivity contribution is 5.47. The van der Waals surface area contributed by atoms with Crippen LogP contribution in [0.2, 0.25) is 0 Å². The van der Waals surface area contributed by atoms with E-state index in [0.717, 1.165) is 35.7 Å². The SMILES string of the molecule is CCNC(Cc1ccn(C)n1)c1c(OC)cccc1OC.